The fourth-order valence-corrected chi connectivity index (χ4v) is 1.98. The molecule has 0 spiro atoms. The third kappa shape index (κ3) is 3.22. The van der Waals surface area contributed by atoms with Crippen molar-refractivity contribution in [2.75, 3.05) is 0 Å². The Kier molecular flexibility index (Phi) is 4.15. The van der Waals surface area contributed by atoms with E-state index in [2.05, 4.69) is 18.9 Å². The highest BCUT2D eigenvalue weighted by Crippen LogP contribution is 2.23. The number of nitrogen functional groups attached to an aromatic ring is 1. The van der Waals surface area contributed by atoms with E-state index < -0.39 is 0 Å². The van der Waals surface area contributed by atoms with E-state index >= 15 is 0 Å². The van der Waals surface area contributed by atoms with Gasteiger partial charge in [0.1, 0.15) is 11.4 Å². The maximum Gasteiger partial charge on any atom is 0.223 e. The van der Waals surface area contributed by atoms with Gasteiger partial charge in [0, 0.05) is 7.05 Å². The zero-order valence-electron chi connectivity index (χ0n) is 11.2. The minimum absolute atomic E-state index is 0.00217. The summed E-state index contributed by atoms with van der Waals surface area (Å²) in [6.07, 6.45) is 1.05. The highest BCUT2D eigenvalue weighted by atomic mass is 16.5. The average Bonchev–Trinajstić information content (AvgIpc) is 2.39. The van der Waals surface area contributed by atoms with Crippen LogP contribution in [0.1, 0.15) is 38.4 Å². The lowest BCUT2D eigenvalue weighted by molar-refractivity contribution is 0.177. The first-order chi connectivity index (χ1) is 7.82. The van der Waals surface area contributed by atoms with Crippen molar-refractivity contribution in [2.45, 2.75) is 40.2 Å². The molecule has 0 amide bonds. The number of hydrogen-bond donors (Lipinski definition) is 2. The Morgan fingerprint density at radius 2 is 2.06 bits per heavy atom. The summed E-state index contributed by atoms with van der Waals surface area (Å²) in [5.74, 6) is 1.16. The Labute approximate surface area is 102 Å². The van der Waals surface area contributed by atoms with Gasteiger partial charge in [0.05, 0.1) is 11.8 Å². The summed E-state index contributed by atoms with van der Waals surface area (Å²) in [6.45, 7) is 8.16. The molecule has 0 saturated carbocycles. The SMILES string of the molecule is Cc1nn(C)c(OC(C)CC(C)C)c1C(=N)N. The Morgan fingerprint density at radius 3 is 2.53 bits per heavy atom. The van der Waals surface area contributed by atoms with Crippen LogP contribution >= 0.6 is 0 Å². The molecule has 0 saturated heterocycles. The lowest BCUT2D eigenvalue weighted by Crippen LogP contribution is -2.19. The molecular weight excluding hydrogens is 216 g/mol. The smallest absolute Gasteiger partial charge is 0.223 e. The normalized spacial score (nSPS) is 12.8. The molecule has 17 heavy (non-hydrogen) atoms. The summed E-state index contributed by atoms with van der Waals surface area (Å²) in [6, 6.07) is 0. The summed E-state index contributed by atoms with van der Waals surface area (Å²) in [5.41, 5.74) is 6.88. The van der Waals surface area contributed by atoms with Crippen molar-refractivity contribution in [3.63, 3.8) is 0 Å². The van der Waals surface area contributed by atoms with Gasteiger partial charge in [0.25, 0.3) is 0 Å². The molecule has 0 aliphatic heterocycles. The Morgan fingerprint density at radius 1 is 1.47 bits per heavy atom. The van der Waals surface area contributed by atoms with Crippen LogP contribution in [0.5, 0.6) is 5.88 Å². The first-order valence-electron chi connectivity index (χ1n) is 5.87. The van der Waals surface area contributed by atoms with Crippen molar-refractivity contribution in [1.29, 1.82) is 5.41 Å². The third-order valence-corrected chi connectivity index (χ3v) is 2.56. The molecule has 1 atom stereocenters. The minimum Gasteiger partial charge on any atom is -0.474 e. The monoisotopic (exact) mass is 238 g/mol. The van der Waals surface area contributed by atoms with Crippen LogP contribution in [0.3, 0.4) is 0 Å². The molecule has 0 radical (unpaired) electrons. The summed E-state index contributed by atoms with van der Waals surface area (Å²) in [4.78, 5) is 0. The molecule has 0 aliphatic rings. The standard InChI is InChI=1S/C12H22N4O/c1-7(2)6-8(3)17-12-10(11(13)14)9(4)15-16(12)5/h7-8H,6H2,1-5H3,(H3,13,14). The Hall–Kier alpha value is -1.52. The van der Waals surface area contributed by atoms with Crippen molar-refractivity contribution in [2.24, 2.45) is 18.7 Å². The molecule has 0 aliphatic carbocycles. The summed E-state index contributed by atoms with van der Waals surface area (Å²) >= 11 is 0. The molecule has 0 bridgehead atoms. The first-order valence-corrected chi connectivity index (χ1v) is 5.87. The largest absolute Gasteiger partial charge is 0.474 e. The summed E-state index contributed by atoms with van der Waals surface area (Å²) < 4.78 is 7.49. The van der Waals surface area contributed by atoms with Crippen molar-refractivity contribution >= 4 is 5.84 Å². The van der Waals surface area contributed by atoms with E-state index in [-0.39, 0.29) is 11.9 Å². The molecule has 5 heteroatoms. The van der Waals surface area contributed by atoms with Crippen LogP contribution < -0.4 is 10.5 Å². The molecule has 1 unspecified atom stereocenters. The van der Waals surface area contributed by atoms with E-state index in [9.17, 15) is 0 Å². The Bertz CT molecular complexity index is 409. The first kappa shape index (κ1) is 13.5. The molecule has 1 heterocycles. The minimum atomic E-state index is 0.00217. The number of nitrogens with zero attached hydrogens (tertiary/aromatic N) is 2. The van der Waals surface area contributed by atoms with E-state index in [0.29, 0.717) is 17.4 Å². The maximum atomic E-state index is 7.56. The predicted molar refractivity (Wildman–Crippen MR) is 68.5 cm³/mol. The lowest BCUT2D eigenvalue weighted by atomic mass is 10.1. The van der Waals surface area contributed by atoms with Gasteiger partial charge in [-0.2, -0.15) is 5.10 Å². The second-order valence-electron chi connectivity index (χ2n) is 4.86. The molecule has 1 rings (SSSR count). The van der Waals surface area contributed by atoms with Crippen LogP contribution in [0.25, 0.3) is 0 Å². The second kappa shape index (κ2) is 5.21. The molecule has 1 aromatic heterocycles. The predicted octanol–water partition coefficient (Wildman–Crippen LogP) is 1.83. The molecule has 3 N–H and O–H groups in total. The van der Waals surface area contributed by atoms with E-state index in [1.807, 2.05) is 13.8 Å². The zero-order valence-corrected chi connectivity index (χ0v) is 11.2. The average molecular weight is 238 g/mol. The number of hydrogen-bond acceptors (Lipinski definition) is 3. The molecular formula is C12H22N4O. The van der Waals surface area contributed by atoms with E-state index in [0.717, 1.165) is 12.1 Å². The highest BCUT2D eigenvalue weighted by Gasteiger charge is 2.19. The fourth-order valence-electron chi connectivity index (χ4n) is 1.98. The number of aromatic nitrogens is 2. The number of aryl methyl sites for hydroxylation is 2. The van der Waals surface area contributed by atoms with Crippen LogP contribution in [0.15, 0.2) is 0 Å². The number of ether oxygens (including phenoxy) is 1. The van der Waals surface area contributed by atoms with Crippen LogP contribution in [-0.2, 0) is 7.05 Å². The number of nitrogens with two attached hydrogens (primary N) is 1. The Balaban J connectivity index is 2.94. The van der Waals surface area contributed by atoms with Crippen LogP contribution in [0, 0.1) is 18.3 Å². The van der Waals surface area contributed by atoms with Gasteiger partial charge in [-0.05, 0) is 26.2 Å². The third-order valence-electron chi connectivity index (χ3n) is 2.56. The van der Waals surface area contributed by atoms with Crippen molar-refractivity contribution in [1.82, 2.24) is 9.78 Å². The second-order valence-corrected chi connectivity index (χ2v) is 4.86. The van der Waals surface area contributed by atoms with Gasteiger partial charge < -0.3 is 10.5 Å². The number of rotatable bonds is 5. The van der Waals surface area contributed by atoms with Crippen molar-refractivity contribution < 1.29 is 4.74 Å². The van der Waals surface area contributed by atoms with Gasteiger partial charge in [-0.25, -0.2) is 4.68 Å². The van der Waals surface area contributed by atoms with E-state index in [1.54, 1.807) is 11.7 Å². The van der Waals surface area contributed by atoms with Gasteiger partial charge >= 0.3 is 0 Å². The molecule has 1 aromatic rings. The molecule has 5 nitrogen and oxygen atoms in total. The van der Waals surface area contributed by atoms with Gasteiger partial charge in [-0.1, -0.05) is 13.8 Å². The van der Waals surface area contributed by atoms with E-state index in [1.165, 1.54) is 0 Å². The molecule has 96 valence electrons. The quantitative estimate of drug-likeness (QED) is 0.607. The van der Waals surface area contributed by atoms with Gasteiger partial charge in [-0.15, -0.1) is 0 Å². The summed E-state index contributed by atoms with van der Waals surface area (Å²) in [7, 11) is 1.80. The number of nitrogens with one attached hydrogen (secondary N) is 1. The fraction of sp³-hybridized carbons (Fsp3) is 0.667. The lowest BCUT2D eigenvalue weighted by Gasteiger charge is -2.17. The summed E-state index contributed by atoms with van der Waals surface area (Å²) in [5, 5.41) is 11.8. The molecule has 0 fully saturated rings. The van der Waals surface area contributed by atoms with Crippen molar-refractivity contribution in [3.8, 4) is 5.88 Å². The maximum absolute atomic E-state index is 7.56. The van der Waals surface area contributed by atoms with Crippen LogP contribution in [0.4, 0.5) is 0 Å². The van der Waals surface area contributed by atoms with Gasteiger partial charge in [0.2, 0.25) is 5.88 Å². The van der Waals surface area contributed by atoms with Crippen molar-refractivity contribution in [3.05, 3.63) is 11.3 Å². The van der Waals surface area contributed by atoms with Crippen LogP contribution in [0.2, 0.25) is 0 Å². The molecule has 0 aromatic carbocycles. The van der Waals surface area contributed by atoms with Gasteiger partial charge in [0.15, 0.2) is 0 Å². The number of amidine groups is 1. The zero-order chi connectivity index (χ0) is 13.2. The van der Waals surface area contributed by atoms with Crippen LogP contribution in [-0.4, -0.2) is 21.7 Å². The van der Waals surface area contributed by atoms with E-state index in [4.69, 9.17) is 15.9 Å². The highest BCUT2D eigenvalue weighted by molar-refractivity contribution is 5.98. The van der Waals surface area contributed by atoms with Gasteiger partial charge in [-0.3, -0.25) is 5.41 Å². The topological polar surface area (TPSA) is 76.9 Å².